The van der Waals surface area contributed by atoms with Gasteiger partial charge in [-0.2, -0.15) is 13.2 Å². The van der Waals surface area contributed by atoms with E-state index in [1.165, 1.54) is 12.2 Å². The van der Waals surface area contributed by atoms with Crippen LogP contribution in [0.3, 0.4) is 0 Å². The minimum atomic E-state index is -4.23. The fraction of sp³-hybridized carbons (Fsp3) is 0.333. The molecular formula is C9H9F3. The van der Waals surface area contributed by atoms with Gasteiger partial charge in [-0.15, -0.1) is 0 Å². The highest BCUT2D eigenvalue weighted by Crippen LogP contribution is 2.28. The Morgan fingerprint density at radius 3 is 2.50 bits per heavy atom. The van der Waals surface area contributed by atoms with Gasteiger partial charge in [0.05, 0.1) is 5.57 Å². The maximum absolute atomic E-state index is 12.1. The minimum absolute atomic E-state index is 0.0705. The summed E-state index contributed by atoms with van der Waals surface area (Å²) in [5.41, 5.74) is -0.594. The standard InChI is InChI=1S/C9H9F3/c1-7-3-2-4-8(6-5-7)9(10,11)12/h2-7H,1H3. The summed E-state index contributed by atoms with van der Waals surface area (Å²) in [7, 11) is 0. The predicted molar refractivity (Wildman–Crippen MR) is 41.6 cm³/mol. The average Bonchev–Trinajstić information content (AvgIpc) is 2.11. The fourth-order valence-electron chi connectivity index (χ4n) is 0.899. The monoisotopic (exact) mass is 174 g/mol. The van der Waals surface area contributed by atoms with Crippen LogP contribution >= 0.6 is 0 Å². The van der Waals surface area contributed by atoms with Gasteiger partial charge in [-0.1, -0.05) is 37.3 Å². The molecule has 0 heterocycles. The summed E-state index contributed by atoms with van der Waals surface area (Å²) in [6, 6.07) is 0. The Bertz CT molecular complexity index is 243. The van der Waals surface area contributed by atoms with Crippen molar-refractivity contribution in [2.75, 3.05) is 0 Å². The van der Waals surface area contributed by atoms with E-state index in [0.717, 1.165) is 12.2 Å². The van der Waals surface area contributed by atoms with Crippen LogP contribution in [-0.4, -0.2) is 6.18 Å². The highest BCUT2D eigenvalue weighted by atomic mass is 19.4. The molecule has 0 aromatic carbocycles. The molecule has 0 saturated heterocycles. The van der Waals surface area contributed by atoms with Crippen molar-refractivity contribution in [1.29, 1.82) is 0 Å². The van der Waals surface area contributed by atoms with Crippen molar-refractivity contribution in [2.45, 2.75) is 13.1 Å². The molecule has 0 aromatic rings. The van der Waals surface area contributed by atoms with Crippen molar-refractivity contribution in [2.24, 2.45) is 5.92 Å². The number of rotatable bonds is 0. The molecule has 66 valence electrons. The molecule has 0 amide bonds. The second-order valence-corrected chi connectivity index (χ2v) is 2.72. The van der Waals surface area contributed by atoms with Crippen molar-refractivity contribution in [3.05, 3.63) is 36.0 Å². The van der Waals surface area contributed by atoms with Gasteiger partial charge in [0.15, 0.2) is 0 Å². The van der Waals surface area contributed by atoms with Crippen LogP contribution in [0.25, 0.3) is 0 Å². The van der Waals surface area contributed by atoms with E-state index in [1.807, 2.05) is 6.92 Å². The third-order valence-electron chi connectivity index (χ3n) is 1.60. The first-order valence-corrected chi connectivity index (χ1v) is 3.64. The molecule has 12 heavy (non-hydrogen) atoms. The van der Waals surface area contributed by atoms with E-state index < -0.39 is 11.7 Å². The lowest BCUT2D eigenvalue weighted by Crippen LogP contribution is -2.09. The molecule has 1 rings (SSSR count). The van der Waals surface area contributed by atoms with E-state index in [0.29, 0.717) is 0 Å². The summed E-state index contributed by atoms with van der Waals surface area (Å²) < 4.78 is 36.3. The molecule has 1 aliphatic rings. The van der Waals surface area contributed by atoms with Crippen molar-refractivity contribution in [3.63, 3.8) is 0 Å². The topological polar surface area (TPSA) is 0 Å². The predicted octanol–water partition coefficient (Wildman–Crippen LogP) is 3.24. The van der Waals surface area contributed by atoms with Crippen LogP contribution in [0.4, 0.5) is 13.2 Å². The van der Waals surface area contributed by atoms with Crippen LogP contribution in [0, 0.1) is 5.92 Å². The fourth-order valence-corrected chi connectivity index (χ4v) is 0.899. The number of halogens is 3. The molecule has 0 aliphatic heterocycles. The number of hydrogen-bond acceptors (Lipinski definition) is 0. The highest BCUT2D eigenvalue weighted by Gasteiger charge is 2.31. The van der Waals surface area contributed by atoms with E-state index in [4.69, 9.17) is 0 Å². The van der Waals surface area contributed by atoms with E-state index >= 15 is 0 Å². The highest BCUT2D eigenvalue weighted by molar-refractivity contribution is 5.31. The number of allylic oxidation sites excluding steroid dienone is 6. The zero-order valence-electron chi connectivity index (χ0n) is 6.60. The van der Waals surface area contributed by atoms with Gasteiger partial charge in [0, 0.05) is 0 Å². The van der Waals surface area contributed by atoms with E-state index in [2.05, 4.69) is 0 Å². The van der Waals surface area contributed by atoms with Gasteiger partial charge < -0.3 is 0 Å². The van der Waals surface area contributed by atoms with Gasteiger partial charge in [0.2, 0.25) is 0 Å². The molecule has 1 unspecified atom stereocenters. The van der Waals surface area contributed by atoms with Gasteiger partial charge in [0.25, 0.3) is 0 Å². The first kappa shape index (κ1) is 9.10. The molecule has 0 nitrogen and oxygen atoms in total. The second kappa shape index (κ2) is 3.17. The lowest BCUT2D eigenvalue weighted by atomic mass is 10.1. The van der Waals surface area contributed by atoms with Crippen LogP contribution in [0.5, 0.6) is 0 Å². The summed E-state index contributed by atoms with van der Waals surface area (Å²) in [6.45, 7) is 1.83. The van der Waals surface area contributed by atoms with E-state index in [1.54, 1.807) is 6.08 Å². The van der Waals surface area contributed by atoms with Gasteiger partial charge in [-0.3, -0.25) is 0 Å². The maximum Gasteiger partial charge on any atom is 0.416 e. The molecule has 0 spiro atoms. The Balaban J connectivity index is 2.88. The second-order valence-electron chi connectivity index (χ2n) is 2.72. The number of alkyl halides is 3. The molecular weight excluding hydrogens is 165 g/mol. The van der Waals surface area contributed by atoms with Gasteiger partial charge in [-0.25, -0.2) is 0 Å². The van der Waals surface area contributed by atoms with E-state index in [9.17, 15) is 13.2 Å². The van der Waals surface area contributed by atoms with Gasteiger partial charge in [-0.05, 0) is 5.92 Å². The van der Waals surface area contributed by atoms with Crippen LogP contribution in [-0.2, 0) is 0 Å². The Morgan fingerprint density at radius 2 is 1.92 bits per heavy atom. The summed E-state index contributed by atoms with van der Waals surface area (Å²) in [5.74, 6) is 0.0705. The molecule has 0 aromatic heterocycles. The summed E-state index contributed by atoms with van der Waals surface area (Å²) in [6.07, 6.45) is 2.65. The lowest BCUT2D eigenvalue weighted by molar-refractivity contribution is -0.0881. The zero-order chi connectivity index (χ0) is 9.19. The number of hydrogen-bond donors (Lipinski definition) is 0. The molecule has 0 N–H and O–H groups in total. The van der Waals surface area contributed by atoms with Crippen molar-refractivity contribution >= 4 is 0 Å². The largest absolute Gasteiger partial charge is 0.416 e. The first-order valence-electron chi connectivity index (χ1n) is 3.64. The minimum Gasteiger partial charge on any atom is -0.166 e. The molecule has 0 radical (unpaired) electrons. The lowest BCUT2D eigenvalue weighted by Gasteiger charge is -2.05. The normalized spacial score (nSPS) is 23.7. The van der Waals surface area contributed by atoms with Crippen molar-refractivity contribution < 1.29 is 13.2 Å². The Kier molecular flexibility index (Phi) is 2.40. The zero-order valence-corrected chi connectivity index (χ0v) is 6.60. The van der Waals surface area contributed by atoms with E-state index in [-0.39, 0.29) is 5.92 Å². The average molecular weight is 174 g/mol. The van der Waals surface area contributed by atoms with Crippen LogP contribution in [0.1, 0.15) is 6.92 Å². The summed E-state index contributed by atoms with van der Waals surface area (Å²) in [4.78, 5) is 0. The molecule has 1 atom stereocenters. The molecule has 3 heteroatoms. The molecule has 0 bridgehead atoms. The Labute approximate surface area is 69.1 Å². The third-order valence-corrected chi connectivity index (χ3v) is 1.60. The smallest absolute Gasteiger partial charge is 0.166 e. The summed E-state index contributed by atoms with van der Waals surface area (Å²) in [5, 5.41) is 0. The SMILES string of the molecule is CC1C=CC=C(C(F)(F)F)C=C1. The summed E-state index contributed by atoms with van der Waals surface area (Å²) >= 11 is 0. The van der Waals surface area contributed by atoms with Crippen LogP contribution < -0.4 is 0 Å². The van der Waals surface area contributed by atoms with Gasteiger partial charge in [0.1, 0.15) is 0 Å². The van der Waals surface area contributed by atoms with Crippen LogP contribution in [0.2, 0.25) is 0 Å². The molecule has 1 aliphatic carbocycles. The Hall–Kier alpha value is -0.990. The van der Waals surface area contributed by atoms with Crippen molar-refractivity contribution in [3.8, 4) is 0 Å². The van der Waals surface area contributed by atoms with Gasteiger partial charge >= 0.3 is 6.18 Å². The van der Waals surface area contributed by atoms with Crippen LogP contribution in [0.15, 0.2) is 36.0 Å². The third kappa shape index (κ3) is 2.26. The quantitative estimate of drug-likeness (QED) is 0.528. The van der Waals surface area contributed by atoms with Crippen molar-refractivity contribution in [1.82, 2.24) is 0 Å². The first-order chi connectivity index (χ1) is 5.50. The molecule has 0 fully saturated rings. The molecule has 0 saturated carbocycles. The Morgan fingerprint density at radius 1 is 1.25 bits per heavy atom. The maximum atomic E-state index is 12.1.